The predicted octanol–water partition coefficient (Wildman–Crippen LogP) is 1.02. The van der Waals surface area contributed by atoms with E-state index < -0.39 is 0 Å². The van der Waals surface area contributed by atoms with Crippen LogP contribution in [0, 0.1) is 0 Å². The normalized spacial score (nSPS) is 16.1. The number of rotatable bonds is 3. The molecule has 0 amide bonds. The smallest absolute Gasteiger partial charge is 0.163 e. The minimum Gasteiger partial charge on any atom is -0.353 e. The Morgan fingerprint density at radius 1 is 1.04 bits per heavy atom. The van der Waals surface area contributed by atoms with Gasteiger partial charge in [0, 0.05) is 38.6 Å². The van der Waals surface area contributed by atoms with Crippen molar-refractivity contribution in [2.75, 3.05) is 38.1 Å². The van der Waals surface area contributed by atoms with Crippen LogP contribution in [0.15, 0.2) is 37.1 Å². The third-order valence-corrected chi connectivity index (χ3v) is 4.30. The van der Waals surface area contributed by atoms with Gasteiger partial charge in [-0.3, -0.25) is 4.98 Å². The lowest BCUT2D eigenvalue weighted by molar-refractivity contribution is 0.312. The maximum Gasteiger partial charge on any atom is 0.163 e. The molecule has 4 heterocycles. The summed E-state index contributed by atoms with van der Waals surface area (Å²) in [6.45, 7) is 4.76. The monoisotopic (exact) mass is 309 g/mol. The molecule has 23 heavy (non-hydrogen) atoms. The van der Waals surface area contributed by atoms with Crippen molar-refractivity contribution in [2.24, 2.45) is 0 Å². The van der Waals surface area contributed by atoms with E-state index in [0.29, 0.717) is 6.54 Å². The van der Waals surface area contributed by atoms with Crippen LogP contribution < -0.4 is 4.90 Å². The van der Waals surface area contributed by atoms with E-state index in [-0.39, 0.29) is 0 Å². The SMILES string of the molecule is CN1CCN(c2ncnc3c2cnn3Cc2ccncc2)CC1. The van der Waals surface area contributed by atoms with E-state index in [0.717, 1.165) is 48.6 Å². The lowest BCUT2D eigenvalue weighted by atomic mass is 10.2. The molecule has 118 valence electrons. The highest BCUT2D eigenvalue weighted by molar-refractivity contribution is 5.86. The van der Waals surface area contributed by atoms with E-state index in [1.54, 1.807) is 18.7 Å². The third-order valence-electron chi connectivity index (χ3n) is 4.30. The summed E-state index contributed by atoms with van der Waals surface area (Å²) in [6.07, 6.45) is 7.11. The number of piperazine rings is 1. The molecule has 1 saturated heterocycles. The Balaban J connectivity index is 1.66. The fourth-order valence-electron chi connectivity index (χ4n) is 2.93. The molecule has 3 aromatic heterocycles. The molecule has 0 spiro atoms. The van der Waals surface area contributed by atoms with Crippen LogP contribution in [0.4, 0.5) is 5.82 Å². The molecule has 0 saturated carbocycles. The van der Waals surface area contributed by atoms with E-state index in [2.05, 4.69) is 36.9 Å². The fraction of sp³-hybridized carbons (Fsp3) is 0.375. The Hall–Kier alpha value is -2.54. The first-order valence-electron chi connectivity index (χ1n) is 7.80. The highest BCUT2D eigenvalue weighted by atomic mass is 15.3. The largest absolute Gasteiger partial charge is 0.353 e. The van der Waals surface area contributed by atoms with Gasteiger partial charge in [0.25, 0.3) is 0 Å². The maximum atomic E-state index is 4.52. The van der Waals surface area contributed by atoms with Crippen molar-refractivity contribution in [3.8, 4) is 0 Å². The highest BCUT2D eigenvalue weighted by Gasteiger charge is 2.19. The predicted molar refractivity (Wildman–Crippen MR) is 88.4 cm³/mol. The quantitative estimate of drug-likeness (QED) is 0.720. The fourth-order valence-corrected chi connectivity index (χ4v) is 2.93. The molecule has 7 nitrogen and oxygen atoms in total. The summed E-state index contributed by atoms with van der Waals surface area (Å²) in [7, 11) is 2.15. The molecule has 0 aliphatic carbocycles. The molecule has 0 unspecified atom stereocenters. The van der Waals surface area contributed by atoms with Crippen molar-refractivity contribution in [2.45, 2.75) is 6.54 Å². The zero-order valence-corrected chi connectivity index (χ0v) is 13.1. The summed E-state index contributed by atoms with van der Waals surface area (Å²) < 4.78 is 1.92. The van der Waals surface area contributed by atoms with Crippen molar-refractivity contribution >= 4 is 16.9 Å². The van der Waals surface area contributed by atoms with Gasteiger partial charge in [0.15, 0.2) is 5.65 Å². The number of pyridine rings is 1. The van der Waals surface area contributed by atoms with Crippen molar-refractivity contribution in [1.82, 2.24) is 29.6 Å². The van der Waals surface area contributed by atoms with E-state index >= 15 is 0 Å². The van der Waals surface area contributed by atoms with Gasteiger partial charge in [0.05, 0.1) is 18.1 Å². The van der Waals surface area contributed by atoms with Gasteiger partial charge in [-0.15, -0.1) is 0 Å². The molecular formula is C16H19N7. The molecule has 1 aliphatic heterocycles. The van der Waals surface area contributed by atoms with Crippen molar-refractivity contribution in [3.63, 3.8) is 0 Å². The van der Waals surface area contributed by atoms with Crippen LogP contribution in [0.2, 0.25) is 0 Å². The van der Waals surface area contributed by atoms with E-state index in [9.17, 15) is 0 Å². The van der Waals surface area contributed by atoms with Gasteiger partial charge >= 0.3 is 0 Å². The van der Waals surface area contributed by atoms with Crippen molar-refractivity contribution in [3.05, 3.63) is 42.6 Å². The Kier molecular flexibility index (Phi) is 3.63. The number of anilines is 1. The van der Waals surface area contributed by atoms with Crippen LogP contribution >= 0.6 is 0 Å². The molecule has 0 bridgehead atoms. The number of hydrogen-bond acceptors (Lipinski definition) is 6. The van der Waals surface area contributed by atoms with Crippen LogP contribution in [0.1, 0.15) is 5.56 Å². The van der Waals surface area contributed by atoms with Gasteiger partial charge in [-0.05, 0) is 24.7 Å². The first-order chi connectivity index (χ1) is 11.3. The molecule has 0 radical (unpaired) electrons. The zero-order valence-electron chi connectivity index (χ0n) is 13.1. The number of fused-ring (bicyclic) bond motifs is 1. The van der Waals surface area contributed by atoms with Crippen molar-refractivity contribution in [1.29, 1.82) is 0 Å². The molecule has 7 heteroatoms. The number of aromatic nitrogens is 5. The van der Waals surface area contributed by atoms with Crippen LogP contribution in [0.25, 0.3) is 11.0 Å². The first kappa shape index (κ1) is 14.1. The second-order valence-corrected chi connectivity index (χ2v) is 5.88. The van der Waals surface area contributed by atoms with Crippen LogP contribution in [-0.2, 0) is 6.54 Å². The van der Waals surface area contributed by atoms with Gasteiger partial charge in [0.2, 0.25) is 0 Å². The third kappa shape index (κ3) is 2.75. The minimum atomic E-state index is 0.686. The summed E-state index contributed by atoms with van der Waals surface area (Å²) in [5.41, 5.74) is 2.04. The summed E-state index contributed by atoms with van der Waals surface area (Å²) in [5.74, 6) is 0.990. The van der Waals surface area contributed by atoms with Gasteiger partial charge in [-0.1, -0.05) is 0 Å². The van der Waals surface area contributed by atoms with E-state index in [1.165, 1.54) is 0 Å². The van der Waals surface area contributed by atoms with Crippen molar-refractivity contribution < 1.29 is 0 Å². The molecule has 4 rings (SSSR count). The van der Waals surface area contributed by atoms with Gasteiger partial charge < -0.3 is 9.80 Å². The maximum absolute atomic E-state index is 4.52. The van der Waals surface area contributed by atoms with Gasteiger partial charge in [-0.25, -0.2) is 14.6 Å². The first-order valence-corrected chi connectivity index (χ1v) is 7.80. The topological polar surface area (TPSA) is 63.0 Å². The molecule has 0 N–H and O–H groups in total. The highest BCUT2D eigenvalue weighted by Crippen LogP contribution is 2.23. The average Bonchev–Trinajstić information content (AvgIpc) is 3.00. The molecular weight excluding hydrogens is 290 g/mol. The minimum absolute atomic E-state index is 0.686. The average molecular weight is 309 g/mol. The molecule has 3 aromatic rings. The van der Waals surface area contributed by atoms with Crippen LogP contribution in [0.5, 0.6) is 0 Å². The number of likely N-dealkylation sites (N-methyl/N-ethyl adjacent to an activating group) is 1. The Morgan fingerprint density at radius 3 is 2.61 bits per heavy atom. The summed E-state index contributed by atoms with van der Waals surface area (Å²) in [4.78, 5) is 17.7. The summed E-state index contributed by atoms with van der Waals surface area (Å²) in [6, 6.07) is 3.99. The molecule has 1 fully saturated rings. The zero-order chi connectivity index (χ0) is 15.6. The van der Waals surface area contributed by atoms with Crippen LogP contribution in [0.3, 0.4) is 0 Å². The second kappa shape index (κ2) is 5.92. The summed E-state index contributed by atoms with van der Waals surface area (Å²) >= 11 is 0. The standard InChI is InChI=1S/C16H19N7/c1-21-6-8-22(9-7-21)15-14-10-20-23(16(14)19-12-18-15)11-13-2-4-17-5-3-13/h2-5,10,12H,6-9,11H2,1H3. The van der Waals surface area contributed by atoms with E-state index in [4.69, 9.17) is 0 Å². The molecule has 1 aliphatic rings. The molecule has 0 atom stereocenters. The van der Waals surface area contributed by atoms with Crippen LogP contribution in [-0.4, -0.2) is 62.9 Å². The van der Waals surface area contributed by atoms with Gasteiger partial charge in [0.1, 0.15) is 12.1 Å². The van der Waals surface area contributed by atoms with Gasteiger partial charge in [-0.2, -0.15) is 5.10 Å². The second-order valence-electron chi connectivity index (χ2n) is 5.88. The number of hydrogen-bond donors (Lipinski definition) is 0. The Morgan fingerprint density at radius 2 is 1.83 bits per heavy atom. The Bertz CT molecular complexity index is 791. The lowest BCUT2D eigenvalue weighted by Gasteiger charge is -2.33. The summed E-state index contributed by atoms with van der Waals surface area (Å²) in [5, 5.41) is 5.54. The number of nitrogens with zero attached hydrogens (tertiary/aromatic N) is 7. The molecule has 0 aromatic carbocycles. The van der Waals surface area contributed by atoms with E-state index in [1.807, 2.05) is 23.0 Å². The lowest BCUT2D eigenvalue weighted by Crippen LogP contribution is -2.44. The Labute approximate surface area is 134 Å².